The van der Waals surface area contributed by atoms with Crippen LogP contribution in [0.3, 0.4) is 0 Å². The zero-order valence-electron chi connectivity index (χ0n) is 15.5. The number of aliphatic hydroxyl groups excluding tert-OH is 1. The van der Waals surface area contributed by atoms with E-state index in [0.717, 1.165) is 25.9 Å². The fourth-order valence-electron chi connectivity index (χ4n) is 4.20. The number of rotatable bonds is 4. The Balaban J connectivity index is 1.43. The first-order valence-electron chi connectivity index (χ1n) is 9.56. The van der Waals surface area contributed by atoms with Crippen LogP contribution < -0.4 is 15.4 Å². The number of ether oxygens (including phenoxy) is 3. The fraction of sp³-hybridized carbons (Fsp3) is 0.632. The lowest BCUT2D eigenvalue weighted by atomic mass is 9.93. The molecule has 3 aliphatic heterocycles. The highest BCUT2D eigenvalue weighted by Gasteiger charge is 2.52. The Hall–Kier alpha value is -1.87. The molecule has 3 heterocycles. The number of fused-ring (bicyclic) bond motifs is 2. The van der Waals surface area contributed by atoms with E-state index in [2.05, 4.69) is 15.5 Å². The Morgan fingerprint density at radius 2 is 2.11 bits per heavy atom. The molecule has 1 aromatic carbocycles. The topological polar surface area (TPSA) is 92.3 Å². The number of aliphatic hydroxyl groups is 1. The molecule has 148 valence electrons. The summed E-state index contributed by atoms with van der Waals surface area (Å²) in [5.41, 5.74) is 0.617. The van der Waals surface area contributed by atoms with Crippen LogP contribution in [0.15, 0.2) is 24.3 Å². The first kappa shape index (κ1) is 18.5. The van der Waals surface area contributed by atoms with E-state index >= 15 is 0 Å². The number of hydrogen-bond acceptors (Lipinski definition) is 6. The second-order valence-corrected chi connectivity index (χ2v) is 7.31. The first-order valence-corrected chi connectivity index (χ1v) is 9.56. The summed E-state index contributed by atoms with van der Waals surface area (Å²) in [6.45, 7) is 2.20. The van der Waals surface area contributed by atoms with Crippen LogP contribution >= 0.6 is 0 Å². The number of carbonyl (C=O) groups is 1. The van der Waals surface area contributed by atoms with Gasteiger partial charge in [-0.1, -0.05) is 12.5 Å². The molecule has 2 bridgehead atoms. The van der Waals surface area contributed by atoms with Gasteiger partial charge in [0.25, 0.3) is 0 Å². The summed E-state index contributed by atoms with van der Waals surface area (Å²) in [5.74, 6) is 0.658. The Kier molecular flexibility index (Phi) is 5.49. The normalized spacial score (nSPS) is 33.5. The van der Waals surface area contributed by atoms with Gasteiger partial charge in [-0.3, -0.25) is 4.90 Å². The Morgan fingerprint density at radius 3 is 2.89 bits per heavy atom. The number of hydrogen-bond donors (Lipinski definition) is 3. The van der Waals surface area contributed by atoms with E-state index < -0.39 is 24.5 Å². The molecule has 0 unspecified atom stereocenters. The minimum Gasteiger partial charge on any atom is -0.497 e. The summed E-state index contributed by atoms with van der Waals surface area (Å²) >= 11 is 0. The van der Waals surface area contributed by atoms with Crippen molar-refractivity contribution in [2.24, 2.45) is 0 Å². The minimum atomic E-state index is -0.745. The van der Waals surface area contributed by atoms with Crippen LogP contribution in [-0.4, -0.2) is 73.4 Å². The van der Waals surface area contributed by atoms with Gasteiger partial charge in [0.2, 0.25) is 0 Å². The molecule has 0 saturated carbocycles. The van der Waals surface area contributed by atoms with Gasteiger partial charge in [0, 0.05) is 11.8 Å². The van der Waals surface area contributed by atoms with Crippen LogP contribution in [0.25, 0.3) is 0 Å². The highest BCUT2D eigenvalue weighted by atomic mass is 16.7. The van der Waals surface area contributed by atoms with E-state index in [1.165, 1.54) is 6.42 Å². The summed E-state index contributed by atoms with van der Waals surface area (Å²) < 4.78 is 16.9. The molecule has 3 aliphatic rings. The Bertz CT molecular complexity index is 667. The maximum Gasteiger partial charge on any atom is 0.319 e. The lowest BCUT2D eigenvalue weighted by Gasteiger charge is -2.45. The van der Waals surface area contributed by atoms with Crippen molar-refractivity contribution < 1.29 is 24.1 Å². The number of nitrogens with one attached hydrogen (secondary N) is 2. The van der Waals surface area contributed by atoms with E-state index in [0.29, 0.717) is 18.0 Å². The SMILES string of the molecule is COc1cccc(NC(=O)N[C@@H]2[C@H](O)[C@@H](N3CCCCC3)[C@@H]3OC[C@@H]2O3)c1. The van der Waals surface area contributed by atoms with E-state index in [9.17, 15) is 9.90 Å². The zero-order chi connectivity index (χ0) is 18.8. The molecule has 3 N–H and O–H groups in total. The maximum absolute atomic E-state index is 12.5. The number of carbonyl (C=O) groups excluding carboxylic acids is 1. The van der Waals surface area contributed by atoms with Gasteiger partial charge < -0.3 is 30.0 Å². The number of nitrogens with zero attached hydrogens (tertiary/aromatic N) is 1. The molecular weight excluding hydrogens is 350 g/mol. The quantitative estimate of drug-likeness (QED) is 0.729. The molecular formula is C19H27N3O5. The van der Waals surface area contributed by atoms with E-state index in [1.807, 2.05) is 0 Å². The van der Waals surface area contributed by atoms with Crippen molar-refractivity contribution >= 4 is 11.7 Å². The molecule has 27 heavy (non-hydrogen) atoms. The molecule has 0 aliphatic carbocycles. The number of benzene rings is 1. The van der Waals surface area contributed by atoms with Crippen LogP contribution in [0.5, 0.6) is 5.75 Å². The number of anilines is 1. The number of methoxy groups -OCH3 is 1. The number of amides is 2. The number of likely N-dealkylation sites (tertiary alicyclic amines) is 1. The van der Waals surface area contributed by atoms with Crippen molar-refractivity contribution in [1.82, 2.24) is 10.2 Å². The average Bonchev–Trinajstić information content (AvgIpc) is 3.11. The van der Waals surface area contributed by atoms with Crippen molar-refractivity contribution in [1.29, 1.82) is 0 Å². The van der Waals surface area contributed by atoms with Gasteiger partial charge in [0.05, 0.1) is 31.9 Å². The Morgan fingerprint density at radius 1 is 1.30 bits per heavy atom. The van der Waals surface area contributed by atoms with Crippen LogP contribution in [0.1, 0.15) is 19.3 Å². The lowest BCUT2D eigenvalue weighted by Crippen LogP contribution is -2.66. The zero-order valence-corrected chi connectivity index (χ0v) is 15.5. The van der Waals surface area contributed by atoms with Crippen molar-refractivity contribution in [3.05, 3.63) is 24.3 Å². The van der Waals surface area contributed by atoms with Gasteiger partial charge in [-0.2, -0.15) is 0 Å². The summed E-state index contributed by atoms with van der Waals surface area (Å²) in [6, 6.07) is 5.95. The van der Waals surface area contributed by atoms with Gasteiger partial charge in [-0.15, -0.1) is 0 Å². The molecule has 0 spiro atoms. The fourth-order valence-corrected chi connectivity index (χ4v) is 4.20. The van der Waals surface area contributed by atoms with Gasteiger partial charge in [-0.05, 0) is 38.1 Å². The van der Waals surface area contributed by atoms with Crippen LogP contribution in [0, 0.1) is 0 Å². The van der Waals surface area contributed by atoms with Gasteiger partial charge in [-0.25, -0.2) is 4.79 Å². The summed E-state index contributed by atoms with van der Waals surface area (Å²) in [7, 11) is 1.58. The van der Waals surface area contributed by atoms with Crippen LogP contribution in [0.4, 0.5) is 10.5 Å². The monoisotopic (exact) mass is 377 g/mol. The minimum absolute atomic E-state index is 0.258. The predicted octanol–water partition coefficient (Wildman–Crippen LogP) is 1.16. The predicted molar refractivity (Wildman–Crippen MR) is 98.8 cm³/mol. The van der Waals surface area contributed by atoms with Crippen molar-refractivity contribution in [2.45, 2.75) is 49.8 Å². The van der Waals surface area contributed by atoms with Crippen molar-refractivity contribution in [2.75, 3.05) is 32.1 Å². The first-order chi connectivity index (χ1) is 13.2. The van der Waals surface area contributed by atoms with Crippen molar-refractivity contribution in [3.63, 3.8) is 0 Å². The van der Waals surface area contributed by atoms with Crippen molar-refractivity contribution in [3.8, 4) is 5.75 Å². The molecule has 5 atom stereocenters. The smallest absolute Gasteiger partial charge is 0.319 e. The van der Waals surface area contributed by atoms with Crippen LogP contribution in [0.2, 0.25) is 0 Å². The van der Waals surface area contributed by atoms with Gasteiger partial charge >= 0.3 is 6.03 Å². The molecule has 0 radical (unpaired) electrons. The van der Waals surface area contributed by atoms with Gasteiger partial charge in [0.15, 0.2) is 6.29 Å². The molecule has 3 fully saturated rings. The largest absolute Gasteiger partial charge is 0.497 e. The third-order valence-electron chi connectivity index (χ3n) is 5.57. The Labute approximate surface area is 158 Å². The number of piperidine rings is 1. The lowest BCUT2D eigenvalue weighted by molar-refractivity contribution is -0.183. The molecule has 0 aromatic heterocycles. The van der Waals surface area contributed by atoms with Gasteiger partial charge in [0.1, 0.15) is 11.9 Å². The molecule has 8 heteroatoms. The summed E-state index contributed by atoms with van der Waals surface area (Å²) in [6.07, 6.45) is 1.90. The highest BCUT2D eigenvalue weighted by Crippen LogP contribution is 2.32. The molecule has 3 saturated heterocycles. The highest BCUT2D eigenvalue weighted by molar-refractivity contribution is 5.89. The van der Waals surface area contributed by atoms with E-state index in [-0.39, 0.29) is 12.1 Å². The second-order valence-electron chi connectivity index (χ2n) is 7.31. The molecule has 8 nitrogen and oxygen atoms in total. The second kappa shape index (κ2) is 8.02. The third-order valence-corrected chi connectivity index (χ3v) is 5.57. The maximum atomic E-state index is 12.5. The average molecular weight is 377 g/mol. The third kappa shape index (κ3) is 3.89. The van der Waals surface area contributed by atoms with E-state index in [1.54, 1.807) is 31.4 Å². The van der Waals surface area contributed by atoms with Crippen LogP contribution in [-0.2, 0) is 9.47 Å². The number of urea groups is 1. The summed E-state index contributed by atoms with van der Waals surface area (Å²) in [4.78, 5) is 14.7. The van der Waals surface area contributed by atoms with E-state index in [4.69, 9.17) is 14.2 Å². The standard InChI is InChI=1S/C19H27N3O5/c1-25-13-7-5-6-12(10-13)20-19(24)21-15-14-11-26-18(27-14)16(17(15)23)22-8-3-2-4-9-22/h5-7,10,14-18,23H,2-4,8-9,11H2,1H3,(H2,20,21,24)/t14-,15-,16+,17-,18+/m0/s1. The molecule has 2 amide bonds. The summed E-state index contributed by atoms with van der Waals surface area (Å²) in [5, 5.41) is 16.7. The molecule has 1 aromatic rings. The molecule has 4 rings (SSSR count).